The number of rotatable bonds is 6. The molecule has 0 aliphatic heterocycles. The molecule has 0 radical (unpaired) electrons. The number of para-hydroxylation sites is 1. The fourth-order valence-corrected chi connectivity index (χ4v) is 3.29. The van der Waals surface area contributed by atoms with Gasteiger partial charge in [0.1, 0.15) is 0 Å². The van der Waals surface area contributed by atoms with Crippen molar-refractivity contribution in [3.8, 4) is 0 Å². The Kier molecular flexibility index (Phi) is 4.98. The Hall–Kier alpha value is -1.85. The average Bonchev–Trinajstić information content (AvgIpc) is 2.49. The molecule has 0 atom stereocenters. The van der Waals surface area contributed by atoms with E-state index in [-0.39, 0.29) is 11.5 Å². The lowest BCUT2D eigenvalue weighted by Gasteiger charge is -2.12. The third kappa shape index (κ3) is 3.83. The topological polar surface area (TPSA) is 66.4 Å². The third-order valence-corrected chi connectivity index (χ3v) is 4.54. The smallest absolute Gasteiger partial charge is 0.261 e. The Labute approximate surface area is 125 Å². The molecule has 0 saturated heterocycles. The van der Waals surface area contributed by atoms with Gasteiger partial charge in [0.25, 0.3) is 10.0 Å². The van der Waals surface area contributed by atoms with Crippen LogP contribution in [0.2, 0.25) is 0 Å². The van der Waals surface area contributed by atoms with Gasteiger partial charge in [0.2, 0.25) is 0 Å². The van der Waals surface area contributed by atoms with Gasteiger partial charge >= 0.3 is 0 Å². The summed E-state index contributed by atoms with van der Waals surface area (Å²) in [5, 5.41) is 9.12. The number of benzene rings is 2. The monoisotopic (exact) mass is 305 g/mol. The van der Waals surface area contributed by atoms with E-state index in [1.54, 1.807) is 24.3 Å². The van der Waals surface area contributed by atoms with Crippen molar-refractivity contribution in [2.75, 3.05) is 4.72 Å². The zero-order valence-corrected chi connectivity index (χ0v) is 12.7. The summed E-state index contributed by atoms with van der Waals surface area (Å²) in [6.07, 6.45) is 1.76. The average molecular weight is 305 g/mol. The van der Waals surface area contributed by atoms with E-state index in [2.05, 4.69) is 11.6 Å². The number of sulfonamides is 1. The zero-order chi connectivity index (χ0) is 15.3. The lowest BCUT2D eigenvalue weighted by atomic mass is 10.1. The lowest BCUT2D eigenvalue weighted by Crippen LogP contribution is -2.14. The van der Waals surface area contributed by atoms with Crippen LogP contribution >= 0.6 is 0 Å². The second kappa shape index (κ2) is 6.74. The van der Waals surface area contributed by atoms with E-state index in [1.165, 1.54) is 12.1 Å². The minimum Gasteiger partial charge on any atom is -0.392 e. The lowest BCUT2D eigenvalue weighted by molar-refractivity contribution is 0.281. The summed E-state index contributed by atoms with van der Waals surface area (Å²) in [5.74, 6) is 0. The highest BCUT2D eigenvalue weighted by atomic mass is 32.2. The Morgan fingerprint density at radius 1 is 1.10 bits per heavy atom. The Bertz CT molecular complexity index is 711. The van der Waals surface area contributed by atoms with Crippen molar-refractivity contribution in [1.82, 2.24) is 0 Å². The quantitative estimate of drug-likeness (QED) is 0.862. The van der Waals surface area contributed by atoms with Gasteiger partial charge in [-0.2, -0.15) is 0 Å². The predicted molar refractivity (Wildman–Crippen MR) is 83.6 cm³/mol. The largest absolute Gasteiger partial charge is 0.392 e. The normalized spacial score (nSPS) is 11.3. The van der Waals surface area contributed by atoms with Gasteiger partial charge in [-0.05, 0) is 35.7 Å². The molecule has 2 aromatic rings. The van der Waals surface area contributed by atoms with Gasteiger partial charge in [-0.3, -0.25) is 4.72 Å². The summed E-state index contributed by atoms with van der Waals surface area (Å²) >= 11 is 0. The molecule has 0 fully saturated rings. The second-order valence-corrected chi connectivity index (χ2v) is 6.50. The van der Waals surface area contributed by atoms with E-state index >= 15 is 0 Å². The number of anilines is 1. The minimum atomic E-state index is -3.65. The summed E-state index contributed by atoms with van der Waals surface area (Å²) < 4.78 is 27.5. The van der Waals surface area contributed by atoms with Crippen LogP contribution in [-0.4, -0.2) is 13.5 Å². The molecular formula is C16H19NO3S. The molecule has 2 aromatic carbocycles. The molecular weight excluding hydrogens is 286 g/mol. The van der Waals surface area contributed by atoms with Gasteiger partial charge in [-0.15, -0.1) is 0 Å². The van der Waals surface area contributed by atoms with E-state index in [9.17, 15) is 8.42 Å². The van der Waals surface area contributed by atoms with Crippen LogP contribution < -0.4 is 4.72 Å². The van der Waals surface area contributed by atoms with Crippen molar-refractivity contribution < 1.29 is 13.5 Å². The van der Waals surface area contributed by atoms with Crippen molar-refractivity contribution >= 4 is 15.7 Å². The maximum absolute atomic E-state index is 12.4. The third-order valence-electron chi connectivity index (χ3n) is 3.17. The number of aryl methyl sites for hydroxylation is 1. The fraction of sp³-hybridized carbons (Fsp3) is 0.250. The van der Waals surface area contributed by atoms with E-state index in [4.69, 9.17) is 5.11 Å². The highest BCUT2D eigenvalue weighted by Crippen LogP contribution is 2.21. The minimum absolute atomic E-state index is 0.153. The Morgan fingerprint density at radius 3 is 2.57 bits per heavy atom. The molecule has 5 heteroatoms. The first-order valence-corrected chi connectivity index (χ1v) is 8.35. The first-order valence-electron chi connectivity index (χ1n) is 6.87. The van der Waals surface area contributed by atoms with Crippen molar-refractivity contribution in [3.63, 3.8) is 0 Å². The molecule has 0 bridgehead atoms. The van der Waals surface area contributed by atoms with E-state index in [0.717, 1.165) is 18.4 Å². The molecule has 112 valence electrons. The van der Waals surface area contributed by atoms with Crippen molar-refractivity contribution in [2.24, 2.45) is 0 Å². The molecule has 0 saturated carbocycles. The first kappa shape index (κ1) is 15.5. The maximum Gasteiger partial charge on any atom is 0.261 e. The molecule has 4 nitrogen and oxygen atoms in total. The Morgan fingerprint density at radius 2 is 1.86 bits per heavy atom. The number of nitrogens with one attached hydrogen (secondary N) is 1. The fourth-order valence-electron chi connectivity index (χ4n) is 2.12. The number of hydrogen-bond donors (Lipinski definition) is 2. The molecule has 21 heavy (non-hydrogen) atoms. The summed E-state index contributed by atoms with van der Waals surface area (Å²) in [7, 11) is -3.65. The zero-order valence-electron chi connectivity index (χ0n) is 11.9. The summed E-state index contributed by atoms with van der Waals surface area (Å²) in [4.78, 5) is 0.153. The molecule has 0 aliphatic rings. The molecule has 2 rings (SSSR count). The van der Waals surface area contributed by atoms with Crippen LogP contribution in [-0.2, 0) is 23.1 Å². The standard InChI is InChI=1S/C16H19NO3S/c1-2-6-14-8-3-4-10-16(14)17-21(19,20)15-9-5-7-13(11-15)12-18/h3-5,7-11,17-18H,2,6,12H2,1H3. The highest BCUT2D eigenvalue weighted by Gasteiger charge is 2.16. The molecule has 0 aromatic heterocycles. The molecule has 0 aliphatic carbocycles. The van der Waals surface area contributed by atoms with Crippen LogP contribution in [0.4, 0.5) is 5.69 Å². The van der Waals surface area contributed by atoms with Gasteiger partial charge in [-0.1, -0.05) is 43.7 Å². The molecule has 0 unspecified atom stereocenters. The van der Waals surface area contributed by atoms with E-state index < -0.39 is 10.0 Å². The molecule has 0 heterocycles. The molecule has 0 amide bonds. The van der Waals surface area contributed by atoms with Gasteiger partial charge in [0.05, 0.1) is 17.2 Å². The van der Waals surface area contributed by atoms with Crippen LogP contribution in [0.15, 0.2) is 53.4 Å². The number of aliphatic hydroxyl groups is 1. The van der Waals surface area contributed by atoms with Crippen molar-refractivity contribution in [1.29, 1.82) is 0 Å². The summed E-state index contributed by atoms with van der Waals surface area (Å²) in [5.41, 5.74) is 2.15. The molecule has 2 N–H and O–H groups in total. The number of hydrogen-bond acceptors (Lipinski definition) is 3. The van der Waals surface area contributed by atoms with Crippen LogP contribution in [0.5, 0.6) is 0 Å². The van der Waals surface area contributed by atoms with Crippen LogP contribution in [0, 0.1) is 0 Å². The highest BCUT2D eigenvalue weighted by molar-refractivity contribution is 7.92. The van der Waals surface area contributed by atoms with Gasteiger partial charge in [0.15, 0.2) is 0 Å². The van der Waals surface area contributed by atoms with Gasteiger partial charge in [-0.25, -0.2) is 8.42 Å². The van der Waals surface area contributed by atoms with Crippen LogP contribution in [0.1, 0.15) is 24.5 Å². The van der Waals surface area contributed by atoms with Crippen LogP contribution in [0.3, 0.4) is 0 Å². The first-order chi connectivity index (χ1) is 10.1. The van der Waals surface area contributed by atoms with E-state index in [1.807, 2.05) is 12.1 Å². The predicted octanol–water partition coefficient (Wildman–Crippen LogP) is 2.93. The summed E-state index contributed by atoms with van der Waals surface area (Å²) in [6, 6.07) is 13.7. The second-order valence-electron chi connectivity index (χ2n) is 4.82. The maximum atomic E-state index is 12.4. The van der Waals surface area contributed by atoms with Crippen LogP contribution in [0.25, 0.3) is 0 Å². The van der Waals surface area contributed by atoms with Crippen molar-refractivity contribution in [2.45, 2.75) is 31.3 Å². The number of aliphatic hydroxyl groups excluding tert-OH is 1. The van der Waals surface area contributed by atoms with Gasteiger partial charge in [0, 0.05) is 0 Å². The van der Waals surface area contributed by atoms with E-state index in [0.29, 0.717) is 11.3 Å². The van der Waals surface area contributed by atoms with Crippen molar-refractivity contribution in [3.05, 3.63) is 59.7 Å². The SMILES string of the molecule is CCCc1ccccc1NS(=O)(=O)c1cccc(CO)c1. The molecule has 0 spiro atoms. The van der Waals surface area contributed by atoms with Gasteiger partial charge < -0.3 is 5.11 Å². The Balaban J connectivity index is 2.33. The summed E-state index contributed by atoms with van der Waals surface area (Å²) in [6.45, 7) is 1.87.